The van der Waals surface area contributed by atoms with Gasteiger partial charge in [0.05, 0.1) is 41.6 Å². The number of sulfone groups is 1. The van der Waals surface area contributed by atoms with Crippen molar-refractivity contribution in [1.29, 1.82) is 0 Å². The van der Waals surface area contributed by atoms with Crippen LogP contribution in [-0.2, 0) is 21.2 Å². The van der Waals surface area contributed by atoms with Crippen LogP contribution in [0.25, 0.3) is 0 Å². The maximum absolute atomic E-state index is 13.1. The molecule has 26 heavy (non-hydrogen) atoms. The first kappa shape index (κ1) is 18.9. The quantitative estimate of drug-likeness (QED) is 0.806. The van der Waals surface area contributed by atoms with Crippen molar-refractivity contribution in [3.05, 3.63) is 53.2 Å². The fourth-order valence-electron chi connectivity index (χ4n) is 2.95. The number of halogens is 2. The van der Waals surface area contributed by atoms with E-state index in [1.807, 2.05) is 0 Å². The van der Waals surface area contributed by atoms with Gasteiger partial charge >= 0.3 is 0 Å². The molecule has 1 aromatic heterocycles. The summed E-state index contributed by atoms with van der Waals surface area (Å²) in [4.78, 5) is 14.2. The molecule has 1 aliphatic heterocycles. The Morgan fingerprint density at radius 1 is 1.38 bits per heavy atom. The molecule has 0 radical (unpaired) electrons. The van der Waals surface area contributed by atoms with Crippen LogP contribution in [0.2, 0.25) is 5.02 Å². The van der Waals surface area contributed by atoms with Crippen LogP contribution in [0.1, 0.15) is 12.2 Å². The maximum Gasteiger partial charge on any atom is 0.238 e. The van der Waals surface area contributed by atoms with Crippen LogP contribution in [0.3, 0.4) is 0 Å². The molecule has 0 bridgehead atoms. The van der Waals surface area contributed by atoms with Crippen LogP contribution in [0.15, 0.2) is 41.0 Å². The van der Waals surface area contributed by atoms with E-state index in [1.54, 1.807) is 17.0 Å². The van der Waals surface area contributed by atoms with Gasteiger partial charge in [0.25, 0.3) is 0 Å². The Balaban J connectivity index is 1.71. The standard InChI is InChI=1S/C17H18ClFN2O4S/c18-15-8-12(19)3-4-16(15)20-17(22)10-21(9-14-2-1-6-25-14)13-5-7-26(23,24)11-13/h1-4,6,8,13H,5,7,9-11H2,(H,20,22)/t13-/m1/s1. The van der Waals surface area contributed by atoms with Crippen molar-refractivity contribution >= 4 is 33.0 Å². The molecule has 9 heteroatoms. The predicted octanol–water partition coefficient (Wildman–Crippen LogP) is 2.70. The molecule has 1 aromatic carbocycles. The summed E-state index contributed by atoms with van der Waals surface area (Å²) in [5.41, 5.74) is 0.301. The second-order valence-corrected chi connectivity index (χ2v) is 8.85. The van der Waals surface area contributed by atoms with E-state index in [1.165, 1.54) is 18.4 Å². The van der Waals surface area contributed by atoms with E-state index in [4.69, 9.17) is 16.0 Å². The molecule has 1 aliphatic rings. The number of rotatable bonds is 6. The zero-order valence-corrected chi connectivity index (χ0v) is 15.4. The van der Waals surface area contributed by atoms with Crippen LogP contribution in [0.4, 0.5) is 10.1 Å². The summed E-state index contributed by atoms with van der Waals surface area (Å²) in [6.45, 7) is 0.284. The number of carbonyl (C=O) groups excluding carboxylic acids is 1. The second-order valence-electron chi connectivity index (χ2n) is 6.21. The highest BCUT2D eigenvalue weighted by Gasteiger charge is 2.33. The number of anilines is 1. The third-order valence-electron chi connectivity index (χ3n) is 4.22. The number of carbonyl (C=O) groups is 1. The molecular formula is C17H18ClFN2O4S. The highest BCUT2D eigenvalue weighted by atomic mass is 35.5. The summed E-state index contributed by atoms with van der Waals surface area (Å²) in [5, 5.41) is 2.73. The van der Waals surface area contributed by atoms with Crippen molar-refractivity contribution in [2.45, 2.75) is 19.0 Å². The largest absolute Gasteiger partial charge is 0.468 e. The van der Waals surface area contributed by atoms with Gasteiger partial charge in [0, 0.05) is 6.04 Å². The van der Waals surface area contributed by atoms with E-state index in [0.717, 1.165) is 6.07 Å². The summed E-state index contributed by atoms with van der Waals surface area (Å²) in [6.07, 6.45) is 1.99. The summed E-state index contributed by atoms with van der Waals surface area (Å²) >= 11 is 5.93. The van der Waals surface area contributed by atoms with Crippen molar-refractivity contribution < 1.29 is 22.0 Å². The van der Waals surface area contributed by atoms with Crippen LogP contribution < -0.4 is 5.32 Å². The maximum atomic E-state index is 13.1. The molecule has 0 unspecified atom stereocenters. The topological polar surface area (TPSA) is 79.6 Å². The summed E-state index contributed by atoms with van der Waals surface area (Å²) in [7, 11) is -3.09. The molecule has 1 N–H and O–H groups in total. The molecular weight excluding hydrogens is 383 g/mol. The first-order valence-electron chi connectivity index (χ1n) is 8.04. The predicted molar refractivity (Wildman–Crippen MR) is 96.2 cm³/mol. The smallest absolute Gasteiger partial charge is 0.238 e. The minimum absolute atomic E-state index is 0.0122. The van der Waals surface area contributed by atoms with Gasteiger partial charge in [-0.15, -0.1) is 0 Å². The first-order chi connectivity index (χ1) is 12.3. The lowest BCUT2D eigenvalue weighted by Gasteiger charge is -2.26. The molecule has 2 aromatic rings. The SMILES string of the molecule is O=C(CN(Cc1ccco1)[C@@H]1CCS(=O)(=O)C1)Nc1ccc(F)cc1Cl. The Morgan fingerprint density at radius 3 is 2.81 bits per heavy atom. The third-order valence-corrected chi connectivity index (χ3v) is 6.28. The summed E-state index contributed by atoms with van der Waals surface area (Å²) in [6, 6.07) is 6.93. The molecule has 0 spiro atoms. The average Bonchev–Trinajstić information content (AvgIpc) is 3.19. The van der Waals surface area contributed by atoms with Gasteiger partial charge in [0.15, 0.2) is 9.84 Å². The molecule has 3 rings (SSSR count). The van der Waals surface area contributed by atoms with Crippen molar-refractivity contribution in [2.24, 2.45) is 0 Å². The van der Waals surface area contributed by atoms with Gasteiger partial charge in [-0.3, -0.25) is 9.69 Å². The fourth-order valence-corrected chi connectivity index (χ4v) is 4.92. The fraction of sp³-hybridized carbons (Fsp3) is 0.353. The van der Waals surface area contributed by atoms with Crippen molar-refractivity contribution in [3.63, 3.8) is 0 Å². The number of hydrogen-bond donors (Lipinski definition) is 1. The average molecular weight is 401 g/mol. The number of nitrogens with zero attached hydrogens (tertiary/aromatic N) is 1. The highest BCUT2D eigenvalue weighted by Crippen LogP contribution is 2.23. The van der Waals surface area contributed by atoms with Gasteiger partial charge < -0.3 is 9.73 Å². The van der Waals surface area contributed by atoms with Crippen molar-refractivity contribution in [3.8, 4) is 0 Å². The highest BCUT2D eigenvalue weighted by molar-refractivity contribution is 7.91. The Morgan fingerprint density at radius 2 is 2.19 bits per heavy atom. The Bertz CT molecular complexity index is 886. The van der Waals surface area contributed by atoms with Gasteiger partial charge in [0.1, 0.15) is 11.6 Å². The van der Waals surface area contributed by atoms with Crippen molar-refractivity contribution in [2.75, 3.05) is 23.4 Å². The zero-order chi connectivity index (χ0) is 18.7. The monoisotopic (exact) mass is 400 g/mol. The number of nitrogens with one attached hydrogen (secondary N) is 1. The van der Waals surface area contributed by atoms with E-state index >= 15 is 0 Å². The van der Waals surface area contributed by atoms with Gasteiger partial charge in [-0.05, 0) is 36.8 Å². The van der Waals surface area contributed by atoms with Gasteiger partial charge in [-0.1, -0.05) is 11.6 Å². The normalized spacial score (nSPS) is 19.0. The molecule has 1 saturated heterocycles. The molecule has 6 nitrogen and oxygen atoms in total. The lowest BCUT2D eigenvalue weighted by Crippen LogP contribution is -2.41. The Kier molecular flexibility index (Phi) is 5.64. The van der Waals surface area contributed by atoms with E-state index in [2.05, 4.69) is 5.32 Å². The van der Waals surface area contributed by atoms with E-state index in [-0.39, 0.29) is 35.0 Å². The molecule has 1 amide bonds. The zero-order valence-electron chi connectivity index (χ0n) is 13.8. The third kappa shape index (κ3) is 4.84. The summed E-state index contributed by atoms with van der Waals surface area (Å²) in [5.74, 6) is -0.101. The number of hydrogen-bond acceptors (Lipinski definition) is 5. The van der Waals surface area contributed by atoms with Gasteiger partial charge in [-0.25, -0.2) is 12.8 Å². The molecule has 140 valence electrons. The van der Waals surface area contributed by atoms with Crippen LogP contribution in [0.5, 0.6) is 0 Å². The number of benzene rings is 1. The molecule has 0 aliphatic carbocycles. The van der Waals surface area contributed by atoms with Gasteiger partial charge in [-0.2, -0.15) is 0 Å². The van der Waals surface area contributed by atoms with E-state index in [9.17, 15) is 17.6 Å². The van der Waals surface area contributed by atoms with Crippen LogP contribution >= 0.6 is 11.6 Å². The first-order valence-corrected chi connectivity index (χ1v) is 10.2. The van der Waals surface area contributed by atoms with E-state index < -0.39 is 15.7 Å². The summed E-state index contributed by atoms with van der Waals surface area (Å²) < 4.78 is 42.0. The number of furan rings is 1. The van der Waals surface area contributed by atoms with Crippen molar-refractivity contribution in [1.82, 2.24) is 4.90 Å². The Labute approximate surface area is 155 Å². The van der Waals surface area contributed by atoms with Crippen LogP contribution in [-0.4, -0.2) is 43.3 Å². The minimum atomic E-state index is -3.09. The van der Waals surface area contributed by atoms with Gasteiger partial charge in [0.2, 0.25) is 5.91 Å². The van der Waals surface area contributed by atoms with Crippen LogP contribution in [0, 0.1) is 5.82 Å². The Hall–Kier alpha value is -1.90. The molecule has 2 heterocycles. The van der Waals surface area contributed by atoms with E-state index in [0.29, 0.717) is 24.4 Å². The molecule has 0 saturated carbocycles. The lowest BCUT2D eigenvalue weighted by molar-refractivity contribution is -0.118. The number of amides is 1. The minimum Gasteiger partial charge on any atom is -0.468 e. The molecule has 1 atom stereocenters. The second kappa shape index (κ2) is 7.77. The molecule has 1 fully saturated rings. The lowest BCUT2D eigenvalue weighted by atomic mass is 10.2.